The van der Waals surface area contributed by atoms with Crippen LogP contribution in [0.15, 0.2) is 29.2 Å². The van der Waals surface area contributed by atoms with Crippen LogP contribution in [0.5, 0.6) is 0 Å². The van der Waals surface area contributed by atoms with Gasteiger partial charge in [0.15, 0.2) is 6.61 Å². The number of rotatable bonds is 5. The maximum absolute atomic E-state index is 13.1. The van der Waals surface area contributed by atoms with Gasteiger partial charge in [-0.1, -0.05) is 13.8 Å². The first-order valence-corrected chi connectivity index (χ1v) is 11.8. The quantitative estimate of drug-likeness (QED) is 0.656. The highest BCUT2D eigenvalue weighted by Gasteiger charge is 2.34. The Morgan fingerprint density at radius 3 is 2.37 bits per heavy atom. The normalized spacial score (nSPS) is 25.7. The summed E-state index contributed by atoms with van der Waals surface area (Å²) in [6.07, 6.45) is 2.08. The van der Waals surface area contributed by atoms with Crippen LogP contribution in [0.4, 0.5) is 4.39 Å². The fraction of sp³-hybridized carbons (Fsp3) is 0.619. The van der Waals surface area contributed by atoms with Crippen molar-refractivity contribution in [2.45, 2.75) is 38.0 Å². The fourth-order valence-corrected chi connectivity index (χ4v) is 5.84. The minimum absolute atomic E-state index is 0.00941. The zero-order chi connectivity index (χ0) is 21.9. The molecule has 1 aromatic rings. The Balaban J connectivity index is 1.56. The number of esters is 1. The van der Waals surface area contributed by atoms with E-state index in [4.69, 9.17) is 4.74 Å². The first-order valence-electron chi connectivity index (χ1n) is 10.4. The van der Waals surface area contributed by atoms with Crippen molar-refractivity contribution in [3.63, 3.8) is 0 Å². The summed E-state index contributed by atoms with van der Waals surface area (Å²) in [7, 11) is -3.82. The van der Waals surface area contributed by atoms with Gasteiger partial charge in [-0.2, -0.15) is 4.31 Å². The van der Waals surface area contributed by atoms with Crippen LogP contribution in [0.25, 0.3) is 0 Å². The minimum Gasteiger partial charge on any atom is -0.455 e. The second kappa shape index (κ2) is 9.43. The molecule has 2 fully saturated rings. The maximum atomic E-state index is 13.1. The van der Waals surface area contributed by atoms with Gasteiger partial charge in [-0.3, -0.25) is 9.59 Å². The third-order valence-electron chi connectivity index (χ3n) is 5.73. The molecule has 2 heterocycles. The van der Waals surface area contributed by atoms with Gasteiger partial charge in [-0.15, -0.1) is 0 Å². The monoisotopic (exact) mass is 440 g/mol. The Hall–Kier alpha value is -2.00. The molecule has 2 aliphatic rings. The fourth-order valence-electron chi connectivity index (χ4n) is 4.32. The van der Waals surface area contributed by atoms with Crippen molar-refractivity contribution in [2.75, 3.05) is 32.8 Å². The number of nitrogens with zero attached hydrogens (tertiary/aromatic N) is 2. The maximum Gasteiger partial charge on any atom is 0.310 e. The van der Waals surface area contributed by atoms with Crippen molar-refractivity contribution >= 4 is 21.9 Å². The molecule has 166 valence electrons. The summed E-state index contributed by atoms with van der Waals surface area (Å²) in [5, 5.41) is 0. The zero-order valence-electron chi connectivity index (χ0n) is 17.4. The van der Waals surface area contributed by atoms with E-state index in [0.29, 0.717) is 37.8 Å². The average Bonchev–Trinajstić information content (AvgIpc) is 2.71. The van der Waals surface area contributed by atoms with E-state index >= 15 is 0 Å². The molecule has 3 atom stereocenters. The molecule has 0 spiro atoms. The van der Waals surface area contributed by atoms with Gasteiger partial charge in [0.2, 0.25) is 10.0 Å². The molecule has 0 bridgehead atoms. The summed E-state index contributed by atoms with van der Waals surface area (Å²) in [4.78, 5) is 26.6. The van der Waals surface area contributed by atoms with Gasteiger partial charge in [-0.05, 0) is 55.4 Å². The van der Waals surface area contributed by atoms with E-state index in [1.54, 1.807) is 4.90 Å². The van der Waals surface area contributed by atoms with Gasteiger partial charge < -0.3 is 9.64 Å². The Labute approximate surface area is 177 Å². The second-order valence-corrected chi connectivity index (χ2v) is 10.4. The average molecular weight is 441 g/mol. The third-order valence-corrected chi connectivity index (χ3v) is 7.61. The van der Waals surface area contributed by atoms with Crippen LogP contribution in [0.3, 0.4) is 0 Å². The first kappa shape index (κ1) is 22.7. The number of benzene rings is 1. The van der Waals surface area contributed by atoms with Crippen molar-refractivity contribution in [3.8, 4) is 0 Å². The molecule has 3 rings (SSSR count). The van der Waals surface area contributed by atoms with Crippen molar-refractivity contribution in [1.29, 1.82) is 0 Å². The highest BCUT2D eigenvalue weighted by atomic mass is 32.2. The van der Waals surface area contributed by atoms with E-state index in [1.165, 1.54) is 16.4 Å². The van der Waals surface area contributed by atoms with E-state index in [0.717, 1.165) is 18.6 Å². The number of hydrogen-bond donors (Lipinski definition) is 0. The molecule has 1 amide bonds. The molecule has 7 nitrogen and oxygen atoms in total. The molecule has 2 aliphatic heterocycles. The van der Waals surface area contributed by atoms with Gasteiger partial charge in [0.1, 0.15) is 5.82 Å². The lowest BCUT2D eigenvalue weighted by Gasteiger charge is -2.35. The Morgan fingerprint density at radius 1 is 1.10 bits per heavy atom. The molecular weight excluding hydrogens is 411 g/mol. The predicted octanol–water partition coefficient (Wildman–Crippen LogP) is 2.27. The topological polar surface area (TPSA) is 84.0 Å². The summed E-state index contributed by atoms with van der Waals surface area (Å²) in [6.45, 7) is 5.47. The van der Waals surface area contributed by atoms with E-state index < -0.39 is 27.7 Å². The third kappa shape index (κ3) is 5.37. The molecule has 2 saturated heterocycles. The lowest BCUT2D eigenvalue weighted by atomic mass is 9.92. The molecule has 30 heavy (non-hydrogen) atoms. The number of likely N-dealkylation sites (tertiary alicyclic amines) is 1. The van der Waals surface area contributed by atoms with Crippen LogP contribution in [0.2, 0.25) is 0 Å². The van der Waals surface area contributed by atoms with Crippen LogP contribution < -0.4 is 0 Å². The Morgan fingerprint density at radius 2 is 1.73 bits per heavy atom. The van der Waals surface area contributed by atoms with Crippen molar-refractivity contribution in [1.82, 2.24) is 9.21 Å². The van der Waals surface area contributed by atoms with Crippen molar-refractivity contribution < 1.29 is 27.1 Å². The number of sulfonamides is 1. The number of hydrogen-bond acceptors (Lipinski definition) is 5. The van der Waals surface area contributed by atoms with Gasteiger partial charge >= 0.3 is 5.97 Å². The highest BCUT2D eigenvalue weighted by Crippen LogP contribution is 2.25. The molecule has 9 heteroatoms. The molecule has 3 unspecified atom stereocenters. The molecule has 1 aromatic carbocycles. The molecule has 0 saturated carbocycles. The van der Waals surface area contributed by atoms with Crippen molar-refractivity contribution in [2.24, 2.45) is 17.8 Å². The zero-order valence-corrected chi connectivity index (χ0v) is 18.2. The highest BCUT2D eigenvalue weighted by molar-refractivity contribution is 7.89. The number of carbonyl (C=O) groups is 2. The van der Waals surface area contributed by atoms with E-state index in [-0.39, 0.29) is 30.5 Å². The lowest BCUT2D eigenvalue weighted by molar-refractivity contribution is -0.157. The SMILES string of the molecule is CC1CC(C)CN(C(=O)COC(=O)C2CCCN(S(=O)(=O)c3ccc(F)cc3)C2)C1. The summed E-state index contributed by atoms with van der Waals surface area (Å²) < 4.78 is 45.2. The number of carbonyl (C=O) groups excluding carboxylic acids is 2. The number of ether oxygens (including phenoxy) is 1. The number of halogens is 1. The standard InChI is InChI=1S/C21H29FN2O5S/c1-15-10-16(2)12-23(11-15)20(25)14-29-21(26)17-4-3-9-24(13-17)30(27,28)19-7-5-18(22)6-8-19/h5-8,15-17H,3-4,9-14H2,1-2H3. The van der Waals surface area contributed by atoms with Gasteiger partial charge in [0.05, 0.1) is 10.8 Å². The molecule has 0 aromatic heterocycles. The summed E-state index contributed by atoms with van der Waals surface area (Å²) in [5.41, 5.74) is 0. The molecule has 0 aliphatic carbocycles. The van der Waals surface area contributed by atoms with Crippen LogP contribution in [0, 0.1) is 23.6 Å². The Kier molecular flexibility index (Phi) is 7.13. The summed E-state index contributed by atoms with van der Waals surface area (Å²) in [6, 6.07) is 4.62. The van der Waals surface area contributed by atoms with E-state index in [2.05, 4.69) is 13.8 Å². The minimum atomic E-state index is -3.82. The molecule has 0 radical (unpaired) electrons. The van der Waals surface area contributed by atoms with Crippen molar-refractivity contribution in [3.05, 3.63) is 30.1 Å². The molecular formula is C21H29FN2O5S. The Bertz CT molecular complexity index is 864. The van der Waals surface area contributed by atoms with Crippen LogP contribution >= 0.6 is 0 Å². The number of amides is 1. The number of piperidine rings is 2. The van der Waals surface area contributed by atoms with Crippen LogP contribution in [0.1, 0.15) is 33.1 Å². The van der Waals surface area contributed by atoms with Crippen LogP contribution in [-0.2, 0) is 24.3 Å². The summed E-state index contributed by atoms with van der Waals surface area (Å²) in [5.74, 6) is -1.08. The largest absolute Gasteiger partial charge is 0.455 e. The lowest BCUT2D eigenvalue weighted by Crippen LogP contribution is -2.45. The van der Waals surface area contributed by atoms with Gasteiger partial charge in [0.25, 0.3) is 5.91 Å². The van der Waals surface area contributed by atoms with E-state index in [9.17, 15) is 22.4 Å². The molecule has 0 N–H and O–H groups in total. The van der Waals surface area contributed by atoms with Gasteiger partial charge in [-0.25, -0.2) is 12.8 Å². The second-order valence-electron chi connectivity index (χ2n) is 8.51. The predicted molar refractivity (Wildman–Crippen MR) is 108 cm³/mol. The van der Waals surface area contributed by atoms with Crippen LogP contribution in [-0.4, -0.2) is 62.3 Å². The summed E-state index contributed by atoms with van der Waals surface area (Å²) >= 11 is 0. The van der Waals surface area contributed by atoms with Gasteiger partial charge in [0, 0.05) is 26.2 Å². The van der Waals surface area contributed by atoms with E-state index in [1.807, 2.05) is 0 Å². The first-order chi connectivity index (χ1) is 14.2. The smallest absolute Gasteiger partial charge is 0.310 e.